The lowest BCUT2D eigenvalue weighted by molar-refractivity contribution is -0.001000. The molecule has 0 amide bonds. The Balaban J connectivity index is 0.00000128. The number of furan rings is 1. The normalized spacial score (nSPS) is 16.0. The van der Waals surface area contributed by atoms with Crippen molar-refractivity contribution in [3.63, 3.8) is 0 Å². The van der Waals surface area contributed by atoms with Gasteiger partial charge in [-0.2, -0.15) is 0 Å². The smallest absolute Gasteiger partial charge is 0.117 e. The molecule has 100 valence electrons. The number of hydrogen-bond donors (Lipinski definition) is 1. The van der Waals surface area contributed by atoms with Crippen LogP contribution in [0.3, 0.4) is 0 Å². The number of halogens is 2. The third-order valence-corrected chi connectivity index (χ3v) is 2.59. The Bertz CT molecular complexity index is 264. The molecular formula is C11H18Cl2N2O2-2. The molecule has 0 spiro atoms. The molecule has 4 nitrogen and oxygen atoms in total. The first kappa shape index (κ1) is 16.7. The molecule has 0 radical (unpaired) electrons. The zero-order valence-electron chi connectivity index (χ0n) is 9.70. The fourth-order valence-electron chi connectivity index (χ4n) is 1.69. The third kappa shape index (κ3) is 6.29. The van der Waals surface area contributed by atoms with Crippen molar-refractivity contribution < 1.29 is 34.0 Å². The highest BCUT2D eigenvalue weighted by Gasteiger charge is 2.08. The van der Waals surface area contributed by atoms with E-state index in [1.54, 1.807) is 6.26 Å². The van der Waals surface area contributed by atoms with Crippen molar-refractivity contribution in [1.29, 1.82) is 0 Å². The van der Waals surface area contributed by atoms with Crippen LogP contribution in [-0.2, 0) is 11.3 Å². The van der Waals surface area contributed by atoms with Crippen LogP contribution in [0.5, 0.6) is 0 Å². The van der Waals surface area contributed by atoms with E-state index in [0.29, 0.717) is 0 Å². The van der Waals surface area contributed by atoms with Gasteiger partial charge in [0.1, 0.15) is 5.76 Å². The first-order chi connectivity index (χ1) is 7.45. The van der Waals surface area contributed by atoms with Gasteiger partial charge in [0.05, 0.1) is 26.0 Å². The largest absolute Gasteiger partial charge is 1.00 e. The summed E-state index contributed by atoms with van der Waals surface area (Å²) in [4.78, 5) is 2.42. The summed E-state index contributed by atoms with van der Waals surface area (Å²) >= 11 is 0. The molecule has 1 fully saturated rings. The quantitative estimate of drug-likeness (QED) is 0.547. The Morgan fingerprint density at radius 1 is 1.24 bits per heavy atom. The van der Waals surface area contributed by atoms with E-state index >= 15 is 0 Å². The topological polar surface area (TPSA) is 37.6 Å². The molecule has 0 saturated carbocycles. The molecule has 0 unspecified atom stereocenters. The number of morpholine rings is 1. The fraction of sp³-hybridized carbons (Fsp3) is 0.636. The van der Waals surface area contributed by atoms with Crippen LogP contribution in [0.1, 0.15) is 5.76 Å². The van der Waals surface area contributed by atoms with Gasteiger partial charge in [-0.05, 0) is 12.1 Å². The van der Waals surface area contributed by atoms with Crippen LogP contribution in [0.25, 0.3) is 0 Å². The van der Waals surface area contributed by atoms with E-state index in [-0.39, 0.29) is 24.8 Å². The minimum Gasteiger partial charge on any atom is -1.00 e. The van der Waals surface area contributed by atoms with Gasteiger partial charge >= 0.3 is 0 Å². The summed E-state index contributed by atoms with van der Waals surface area (Å²) in [6, 6.07) is 3.90. The van der Waals surface area contributed by atoms with Gasteiger partial charge in [0.2, 0.25) is 0 Å². The molecule has 2 rings (SSSR count). The molecule has 0 aromatic carbocycles. The predicted molar refractivity (Wildman–Crippen MR) is 57.7 cm³/mol. The number of hydrogen-bond acceptors (Lipinski definition) is 4. The molecule has 1 aromatic heterocycles. The molecular weight excluding hydrogens is 263 g/mol. The number of nitrogens with zero attached hydrogens (tertiary/aromatic N) is 1. The Morgan fingerprint density at radius 2 is 2.00 bits per heavy atom. The molecule has 1 saturated heterocycles. The number of nitrogens with one attached hydrogen (secondary N) is 1. The van der Waals surface area contributed by atoms with E-state index in [4.69, 9.17) is 9.15 Å². The van der Waals surface area contributed by atoms with Gasteiger partial charge in [-0.25, -0.2) is 0 Å². The second kappa shape index (κ2) is 9.74. The van der Waals surface area contributed by atoms with Crippen molar-refractivity contribution in [1.82, 2.24) is 10.2 Å². The SMILES string of the molecule is [Cl-].[Cl-].c1coc(CNCCN2CCOCC2)c1. The van der Waals surface area contributed by atoms with Crippen LogP contribution in [0, 0.1) is 0 Å². The summed E-state index contributed by atoms with van der Waals surface area (Å²) in [7, 11) is 0. The van der Waals surface area contributed by atoms with Crippen LogP contribution in [-0.4, -0.2) is 44.3 Å². The first-order valence-electron chi connectivity index (χ1n) is 5.48. The van der Waals surface area contributed by atoms with E-state index in [0.717, 1.165) is 51.7 Å². The highest BCUT2D eigenvalue weighted by Crippen LogP contribution is 1.98. The summed E-state index contributed by atoms with van der Waals surface area (Å²) in [6.07, 6.45) is 1.71. The molecule has 1 aromatic rings. The predicted octanol–water partition coefficient (Wildman–Crippen LogP) is -5.29. The van der Waals surface area contributed by atoms with Gasteiger partial charge < -0.3 is 39.3 Å². The zero-order valence-corrected chi connectivity index (χ0v) is 11.2. The Hall–Kier alpha value is -0.260. The Morgan fingerprint density at radius 3 is 2.65 bits per heavy atom. The minimum absolute atomic E-state index is 0. The average Bonchev–Trinajstić information content (AvgIpc) is 2.79. The summed E-state index contributed by atoms with van der Waals surface area (Å²) in [5.41, 5.74) is 0. The molecule has 17 heavy (non-hydrogen) atoms. The second-order valence-electron chi connectivity index (χ2n) is 3.71. The highest BCUT2D eigenvalue weighted by molar-refractivity contribution is 4.97. The number of rotatable bonds is 5. The van der Waals surface area contributed by atoms with Gasteiger partial charge in [-0.1, -0.05) is 0 Å². The van der Waals surface area contributed by atoms with E-state index in [1.807, 2.05) is 12.1 Å². The summed E-state index contributed by atoms with van der Waals surface area (Å²) in [6.45, 7) is 6.77. The van der Waals surface area contributed by atoms with Crippen LogP contribution in [0.2, 0.25) is 0 Å². The average molecular weight is 281 g/mol. The fourth-order valence-corrected chi connectivity index (χ4v) is 1.69. The maximum absolute atomic E-state index is 5.29. The van der Waals surface area contributed by atoms with E-state index in [2.05, 4.69) is 10.2 Å². The van der Waals surface area contributed by atoms with E-state index in [1.165, 1.54) is 0 Å². The van der Waals surface area contributed by atoms with Gasteiger partial charge in [-0.15, -0.1) is 0 Å². The Labute approximate surface area is 115 Å². The maximum atomic E-state index is 5.29. The Kier molecular flexibility index (Phi) is 9.59. The summed E-state index contributed by atoms with van der Waals surface area (Å²) in [5.74, 6) is 0.997. The lowest BCUT2D eigenvalue weighted by Gasteiger charge is -2.26. The minimum atomic E-state index is 0. The van der Waals surface area contributed by atoms with Crippen molar-refractivity contribution in [3.8, 4) is 0 Å². The lowest BCUT2D eigenvalue weighted by Crippen LogP contribution is -3.00. The lowest BCUT2D eigenvalue weighted by atomic mass is 10.4. The monoisotopic (exact) mass is 280 g/mol. The molecule has 6 heteroatoms. The molecule has 0 aliphatic carbocycles. The molecule has 2 heterocycles. The van der Waals surface area contributed by atoms with Crippen LogP contribution in [0.4, 0.5) is 0 Å². The van der Waals surface area contributed by atoms with Gasteiger partial charge in [0.25, 0.3) is 0 Å². The van der Waals surface area contributed by atoms with Crippen molar-refractivity contribution >= 4 is 0 Å². The third-order valence-electron chi connectivity index (χ3n) is 2.59. The molecule has 0 bridgehead atoms. The van der Waals surface area contributed by atoms with Crippen molar-refractivity contribution in [2.75, 3.05) is 39.4 Å². The maximum Gasteiger partial charge on any atom is 0.117 e. The first-order valence-corrected chi connectivity index (χ1v) is 5.48. The van der Waals surface area contributed by atoms with Crippen LogP contribution < -0.4 is 30.1 Å². The van der Waals surface area contributed by atoms with Crippen LogP contribution >= 0.6 is 0 Å². The van der Waals surface area contributed by atoms with Gasteiger partial charge in [0, 0.05) is 26.2 Å². The standard InChI is InChI=1S/C11H18N2O2.2ClH/c1-2-11(15-7-1)10-12-3-4-13-5-8-14-9-6-13;;/h1-2,7,12H,3-6,8-10H2;2*1H/p-2. The summed E-state index contributed by atoms with van der Waals surface area (Å²) in [5, 5.41) is 3.36. The van der Waals surface area contributed by atoms with Crippen LogP contribution in [0.15, 0.2) is 22.8 Å². The van der Waals surface area contributed by atoms with Gasteiger partial charge in [0.15, 0.2) is 0 Å². The number of ether oxygens (including phenoxy) is 1. The van der Waals surface area contributed by atoms with Crippen molar-refractivity contribution in [2.24, 2.45) is 0 Å². The zero-order chi connectivity index (χ0) is 10.3. The second-order valence-corrected chi connectivity index (χ2v) is 3.71. The van der Waals surface area contributed by atoms with E-state index < -0.39 is 0 Å². The van der Waals surface area contributed by atoms with Gasteiger partial charge in [-0.3, -0.25) is 4.90 Å². The van der Waals surface area contributed by atoms with Crippen molar-refractivity contribution in [3.05, 3.63) is 24.2 Å². The molecule has 1 N–H and O–H groups in total. The molecule has 1 aliphatic rings. The molecule has 1 aliphatic heterocycles. The van der Waals surface area contributed by atoms with Crippen molar-refractivity contribution in [2.45, 2.75) is 6.54 Å². The highest BCUT2D eigenvalue weighted by atomic mass is 35.5. The molecule has 0 atom stereocenters. The van der Waals surface area contributed by atoms with E-state index in [9.17, 15) is 0 Å². The summed E-state index contributed by atoms with van der Waals surface area (Å²) < 4.78 is 10.5.